The van der Waals surface area contributed by atoms with E-state index in [1.165, 1.54) is 44.3 Å². The fourth-order valence-corrected chi connectivity index (χ4v) is 6.52. The summed E-state index contributed by atoms with van der Waals surface area (Å²) in [5.41, 5.74) is 3.91. The summed E-state index contributed by atoms with van der Waals surface area (Å²) in [6.07, 6.45) is 10.5. The lowest BCUT2D eigenvalue weighted by Crippen LogP contribution is -2.46. The Balaban J connectivity index is 1.09. The van der Waals surface area contributed by atoms with Gasteiger partial charge in [0, 0.05) is 46.4 Å². The van der Waals surface area contributed by atoms with Crippen LogP contribution in [0.4, 0.5) is 5.69 Å². The number of hydrogen-bond donors (Lipinski definition) is 3. The molecule has 2 amide bonds. The van der Waals surface area contributed by atoms with Crippen LogP contribution in [0.25, 0.3) is 10.9 Å². The van der Waals surface area contributed by atoms with Gasteiger partial charge in [0.1, 0.15) is 0 Å². The Labute approximate surface area is 223 Å². The van der Waals surface area contributed by atoms with Crippen molar-refractivity contribution in [2.75, 3.05) is 25.0 Å². The van der Waals surface area contributed by atoms with Crippen molar-refractivity contribution in [1.82, 2.24) is 15.2 Å². The van der Waals surface area contributed by atoms with Gasteiger partial charge in [0.2, 0.25) is 5.91 Å². The lowest BCUT2D eigenvalue weighted by molar-refractivity contribution is -0.121. The summed E-state index contributed by atoms with van der Waals surface area (Å²) >= 11 is 6.17. The first-order valence-electron chi connectivity index (χ1n) is 13.7. The molecule has 2 heterocycles. The molecule has 1 unspecified atom stereocenters. The Morgan fingerprint density at radius 1 is 1.00 bits per heavy atom. The third-order valence-corrected chi connectivity index (χ3v) is 8.97. The standard InChI is InChI=1S/C30H35ClN4O2/c31-25-18-32-27-17-20(7-12-23(25)27)28(36)34-26-6-2-1-5-24(26)29(37)33-22-10-8-21(9-11-22)30(13-14-30)19-35-15-3-4-16-35/h7-12,17-18,24,26,32H,1-6,13-16,19H2,(H,33,37)(H,34,36)/t24?,26-/m1/s1. The van der Waals surface area contributed by atoms with Crippen LogP contribution in [0.2, 0.25) is 5.02 Å². The highest BCUT2D eigenvalue weighted by molar-refractivity contribution is 6.35. The molecule has 2 atom stereocenters. The molecule has 2 saturated carbocycles. The number of halogens is 1. The van der Waals surface area contributed by atoms with Gasteiger partial charge in [-0.2, -0.15) is 0 Å². The minimum Gasteiger partial charge on any atom is -0.360 e. The number of aromatic amines is 1. The normalized spacial score (nSPS) is 23.2. The first-order chi connectivity index (χ1) is 18.0. The molecule has 194 valence electrons. The van der Waals surface area contributed by atoms with Crippen molar-refractivity contribution in [2.24, 2.45) is 5.92 Å². The molecule has 3 aromatic rings. The summed E-state index contributed by atoms with van der Waals surface area (Å²) < 4.78 is 0. The Hall–Kier alpha value is -2.83. The second kappa shape index (κ2) is 10.1. The maximum absolute atomic E-state index is 13.3. The predicted octanol–water partition coefficient (Wildman–Crippen LogP) is 5.88. The van der Waals surface area contributed by atoms with Crippen LogP contribution in [0.1, 0.15) is 67.3 Å². The number of amides is 2. The topological polar surface area (TPSA) is 77.2 Å². The molecule has 1 aromatic heterocycles. The van der Waals surface area contributed by atoms with Gasteiger partial charge in [0.25, 0.3) is 5.91 Å². The van der Waals surface area contributed by atoms with E-state index in [1.807, 2.05) is 24.3 Å². The smallest absolute Gasteiger partial charge is 0.251 e. The number of anilines is 1. The number of benzene rings is 2. The minimum absolute atomic E-state index is 0.0115. The van der Waals surface area contributed by atoms with Crippen LogP contribution >= 0.6 is 11.6 Å². The molecule has 3 N–H and O–H groups in total. The van der Waals surface area contributed by atoms with Crippen molar-refractivity contribution in [3.63, 3.8) is 0 Å². The van der Waals surface area contributed by atoms with Gasteiger partial charge < -0.3 is 20.5 Å². The summed E-state index contributed by atoms with van der Waals surface area (Å²) in [4.78, 5) is 32.1. The summed E-state index contributed by atoms with van der Waals surface area (Å²) in [6.45, 7) is 3.61. The van der Waals surface area contributed by atoms with Gasteiger partial charge >= 0.3 is 0 Å². The van der Waals surface area contributed by atoms with Crippen LogP contribution in [-0.4, -0.2) is 47.4 Å². The van der Waals surface area contributed by atoms with Gasteiger partial charge in [-0.05, 0) is 81.4 Å². The average Bonchev–Trinajstić information content (AvgIpc) is 3.33. The molecular formula is C30H35ClN4O2. The van der Waals surface area contributed by atoms with Crippen LogP contribution in [0, 0.1) is 5.92 Å². The molecule has 6 nitrogen and oxygen atoms in total. The number of fused-ring (bicyclic) bond motifs is 1. The van der Waals surface area contributed by atoms with E-state index in [0.717, 1.165) is 48.8 Å². The number of nitrogens with one attached hydrogen (secondary N) is 3. The Kier molecular flexibility index (Phi) is 6.72. The van der Waals surface area contributed by atoms with E-state index in [2.05, 4.69) is 32.7 Å². The van der Waals surface area contributed by atoms with Crippen LogP contribution in [0.3, 0.4) is 0 Å². The molecule has 6 rings (SSSR count). The van der Waals surface area contributed by atoms with Crippen molar-refractivity contribution < 1.29 is 9.59 Å². The minimum atomic E-state index is -0.244. The van der Waals surface area contributed by atoms with Crippen molar-refractivity contribution in [3.8, 4) is 0 Å². The maximum atomic E-state index is 13.3. The molecule has 3 fully saturated rings. The number of nitrogens with zero attached hydrogens (tertiary/aromatic N) is 1. The summed E-state index contributed by atoms with van der Waals surface area (Å²) in [5.74, 6) is -0.414. The van der Waals surface area contributed by atoms with Crippen LogP contribution in [-0.2, 0) is 10.2 Å². The van der Waals surface area contributed by atoms with Gasteiger partial charge in [-0.25, -0.2) is 0 Å². The fraction of sp³-hybridized carbons (Fsp3) is 0.467. The van der Waals surface area contributed by atoms with Crippen molar-refractivity contribution in [1.29, 1.82) is 0 Å². The molecule has 3 aliphatic rings. The van der Waals surface area contributed by atoms with E-state index < -0.39 is 0 Å². The van der Waals surface area contributed by atoms with E-state index >= 15 is 0 Å². The molecule has 1 saturated heterocycles. The zero-order chi connectivity index (χ0) is 25.4. The second-order valence-electron chi connectivity index (χ2n) is 11.2. The number of hydrogen-bond acceptors (Lipinski definition) is 3. The predicted molar refractivity (Wildman–Crippen MR) is 148 cm³/mol. The SMILES string of the molecule is O=C(N[C@@H]1CCCCC1C(=O)Nc1ccc(C2(CN3CCCC3)CC2)cc1)c1ccc2c(Cl)c[nH]c2c1. The maximum Gasteiger partial charge on any atom is 0.251 e. The van der Waals surface area contributed by atoms with Gasteiger partial charge in [0.15, 0.2) is 0 Å². The third-order valence-electron chi connectivity index (χ3n) is 8.66. The summed E-state index contributed by atoms with van der Waals surface area (Å²) in [6, 6.07) is 13.8. The fourth-order valence-electron chi connectivity index (χ4n) is 6.30. The number of likely N-dealkylation sites (tertiary alicyclic amines) is 1. The van der Waals surface area contributed by atoms with Crippen LogP contribution in [0.5, 0.6) is 0 Å². The van der Waals surface area contributed by atoms with Crippen molar-refractivity contribution in [2.45, 2.75) is 62.8 Å². The van der Waals surface area contributed by atoms with Gasteiger partial charge in [0.05, 0.1) is 10.9 Å². The van der Waals surface area contributed by atoms with E-state index in [1.54, 1.807) is 12.3 Å². The number of carbonyl (C=O) groups excluding carboxylic acids is 2. The lowest BCUT2D eigenvalue weighted by Gasteiger charge is -2.31. The number of H-pyrrole nitrogens is 1. The van der Waals surface area contributed by atoms with E-state index in [0.29, 0.717) is 16.0 Å². The quantitative estimate of drug-likeness (QED) is 0.365. The Bertz CT molecular complexity index is 1290. The summed E-state index contributed by atoms with van der Waals surface area (Å²) in [5, 5.41) is 7.81. The molecule has 1 aliphatic heterocycles. The zero-order valence-corrected chi connectivity index (χ0v) is 21.9. The van der Waals surface area contributed by atoms with E-state index in [9.17, 15) is 9.59 Å². The molecule has 7 heteroatoms. The molecule has 2 aliphatic carbocycles. The average molecular weight is 519 g/mol. The first-order valence-corrected chi connectivity index (χ1v) is 14.1. The molecule has 0 bridgehead atoms. The highest BCUT2D eigenvalue weighted by atomic mass is 35.5. The van der Waals surface area contributed by atoms with Gasteiger partial charge in [-0.1, -0.05) is 42.6 Å². The number of rotatable bonds is 7. The zero-order valence-electron chi connectivity index (χ0n) is 21.2. The van der Waals surface area contributed by atoms with Crippen LogP contribution in [0.15, 0.2) is 48.7 Å². The van der Waals surface area contributed by atoms with Crippen molar-refractivity contribution >= 4 is 40.0 Å². The number of carbonyl (C=O) groups is 2. The Morgan fingerprint density at radius 3 is 2.51 bits per heavy atom. The second-order valence-corrected chi connectivity index (χ2v) is 11.6. The lowest BCUT2D eigenvalue weighted by atomic mass is 9.83. The molecular weight excluding hydrogens is 484 g/mol. The number of aromatic nitrogens is 1. The monoisotopic (exact) mass is 518 g/mol. The molecule has 0 radical (unpaired) electrons. The third kappa shape index (κ3) is 5.14. The molecule has 37 heavy (non-hydrogen) atoms. The molecule has 0 spiro atoms. The van der Waals surface area contributed by atoms with E-state index in [-0.39, 0.29) is 23.8 Å². The van der Waals surface area contributed by atoms with Gasteiger partial charge in [-0.3, -0.25) is 9.59 Å². The van der Waals surface area contributed by atoms with Crippen molar-refractivity contribution in [3.05, 3.63) is 64.8 Å². The van der Waals surface area contributed by atoms with E-state index in [4.69, 9.17) is 11.6 Å². The molecule has 2 aromatic carbocycles. The van der Waals surface area contributed by atoms with Gasteiger partial charge in [-0.15, -0.1) is 0 Å². The summed E-state index contributed by atoms with van der Waals surface area (Å²) in [7, 11) is 0. The largest absolute Gasteiger partial charge is 0.360 e. The highest BCUT2D eigenvalue weighted by Crippen LogP contribution is 2.49. The van der Waals surface area contributed by atoms with Crippen LogP contribution < -0.4 is 10.6 Å². The first kappa shape index (κ1) is 24.5. The highest BCUT2D eigenvalue weighted by Gasteiger charge is 2.45. The Morgan fingerprint density at radius 2 is 1.76 bits per heavy atom.